The second-order valence-corrected chi connectivity index (χ2v) is 4.08. The van der Waals surface area contributed by atoms with Gasteiger partial charge in [-0.1, -0.05) is 13.8 Å². The van der Waals surface area contributed by atoms with Crippen LogP contribution >= 0.6 is 11.3 Å². The molecule has 0 saturated heterocycles. The Labute approximate surface area is 87.1 Å². The van der Waals surface area contributed by atoms with Crippen molar-refractivity contribution >= 4 is 17.3 Å². The second-order valence-electron chi connectivity index (χ2n) is 3.36. The number of carbonyl (C=O) groups is 1. The van der Waals surface area contributed by atoms with Gasteiger partial charge in [0.05, 0.1) is 11.2 Å². The molecular formula is C9H14N2O2S. The molecule has 1 rings (SSSR count). The van der Waals surface area contributed by atoms with Crippen molar-refractivity contribution in [1.82, 2.24) is 4.98 Å². The number of esters is 1. The summed E-state index contributed by atoms with van der Waals surface area (Å²) in [7, 11) is 0. The number of nitrogens with zero attached hydrogens (tertiary/aromatic N) is 1. The van der Waals surface area contributed by atoms with Crippen molar-refractivity contribution in [3.63, 3.8) is 0 Å². The molecule has 4 nitrogen and oxygen atoms in total. The molecule has 0 spiro atoms. The van der Waals surface area contributed by atoms with Gasteiger partial charge in [-0.05, 0) is 5.92 Å². The average molecular weight is 214 g/mol. The van der Waals surface area contributed by atoms with Crippen LogP contribution in [0.25, 0.3) is 0 Å². The van der Waals surface area contributed by atoms with Gasteiger partial charge in [0.25, 0.3) is 0 Å². The summed E-state index contributed by atoms with van der Waals surface area (Å²) >= 11 is 1.47. The van der Waals surface area contributed by atoms with Crippen molar-refractivity contribution in [3.05, 3.63) is 16.6 Å². The molecule has 1 heterocycles. The Kier molecular flexibility index (Phi) is 4.03. The fraction of sp³-hybridized carbons (Fsp3) is 0.556. The maximum atomic E-state index is 11.3. The lowest BCUT2D eigenvalue weighted by atomic mass is 10.1. The average Bonchev–Trinajstić information content (AvgIpc) is 2.65. The van der Waals surface area contributed by atoms with Gasteiger partial charge >= 0.3 is 5.97 Å². The van der Waals surface area contributed by atoms with Gasteiger partial charge in [-0.2, -0.15) is 0 Å². The van der Waals surface area contributed by atoms with Gasteiger partial charge in [0.15, 0.2) is 0 Å². The molecule has 0 aromatic carbocycles. The third-order valence-electron chi connectivity index (χ3n) is 1.84. The zero-order chi connectivity index (χ0) is 10.6. The van der Waals surface area contributed by atoms with Gasteiger partial charge in [0, 0.05) is 5.38 Å². The van der Waals surface area contributed by atoms with Crippen molar-refractivity contribution in [2.24, 2.45) is 11.7 Å². The summed E-state index contributed by atoms with van der Waals surface area (Å²) < 4.78 is 4.99. The smallest absolute Gasteiger partial charge is 0.323 e. The molecular weight excluding hydrogens is 200 g/mol. The minimum atomic E-state index is -0.548. The number of carbonyl (C=O) groups excluding carboxylic acids is 1. The normalized spacial score (nSPS) is 12.9. The number of nitrogens with two attached hydrogens (primary N) is 1. The maximum absolute atomic E-state index is 11.3. The van der Waals surface area contributed by atoms with Crippen LogP contribution < -0.4 is 5.73 Å². The molecule has 0 aliphatic heterocycles. The highest BCUT2D eigenvalue weighted by Gasteiger charge is 2.18. The molecule has 1 aromatic rings. The molecule has 0 amide bonds. The molecule has 0 saturated carbocycles. The summed E-state index contributed by atoms with van der Waals surface area (Å²) in [4.78, 5) is 15.3. The number of rotatable bonds is 4. The standard InChI is InChI=1S/C9H14N2O2S/c1-6(2)8(10)9(12)13-3-7-4-14-5-11-7/h4-6,8H,3,10H2,1-2H3/t8-/m0/s1. The highest BCUT2D eigenvalue weighted by molar-refractivity contribution is 7.07. The van der Waals surface area contributed by atoms with E-state index in [1.807, 2.05) is 19.2 Å². The highest BCUT2D eigenvalue weighted by atomic mass is 32.1. The van der Waals surface area contributed by atoms with E-state index in [-0.39, 0.29) is 18.5 Å². The molecule has 78 valence electrons. The topological polar surface area (TPSA) is 65.2 Å². The first-order chi connectivity index (χ1) is 6.61. The quantitative estimate of drug-likeness (QED) is 0.764. The molecule has 5 heteroatoms. The van der Waals surface area contributed by atoms with E-state index in [0.717, 1.165) is 5.69 Å². The first-order valence-corrected chi connectivity index (χ1v) is 5.35. The van der Waals surface area contributed by atoms with E-state index in [4.69, 9.17) is 10.5 Å². The van der Waals surface area contributed by atoms with Crippen molar-refractivity contribution in [3.8, 4) is 0 Å². The largest absolute Gasteiger partial charge is 0.458 e. The van der Waals surface area contributed by atoms with Crippen molar-refractivity contribution in [2.75, 3.05) is 0 Å². The molecule has 0 aliphatic rings. The van der Waals surface area contributed by atoms with Crippen LogP contribution in [0.2, 0.25) is 0 Å². The lowest BCUT2D eigenvalue weighted by Crippen LogP contribution is -2.36. The van der Waals surface area contributed by atoms with Gasteiger partial charge in [-0.3, -0.25) is 4.79 Å². The van der Waals surface area contributed by atoms with Crippen LogP contribution in [0.1, 0.15) is 19.5 Å². The van der Waals surface area contributed by atoms with E-state index in [9.17, 15) is 4.79 Å². The van der Waals surface area contributed by atoms with Gasteiger partial charge in [-0.25, -0.2) is 4.98 Å². The van der Waals surface area contributed by atoms with Gasteiger partial charge in [0.2, 0.25) is 0 Å². The Morgan fingerprint density at radius 2 is 2.43 bits per heavy atom. The summed E-state index contributed by atoms with van der Waals surface area (Å²) in [5.74, 6) is -0.272. The number of thiazole rings is 1. The summed E-state index contributed by atoms with van der Waals surface area (Å²) in [6.07, 6.45) is 0. The summed E-state index contributed by atoms with van der Waals surface area (Å²) in [6.45, 7) is 3.98. The highest BCUT2D eigenvalue weighted by Crippen LogP contribution is 2.05. The minimum absolute atomic E-state index is 0.0953. The van der Waals surface area contributed by atoms with Crippen LogP contribution in [0.3, 0.4) is 0 Å². The van der Waals surface area contributed by atoms with Crippen LogP contribution in [0.4, 0.5) is 0 Å². The number of ether oxygens (including phenoxy) is 1. The van der Waals surface area contributed by atoms with Gasteiger partial charge < -0.3 is 10.5 Å². The van der Waals surface area contributed by atoms with Crippen molar-refractivity contribution < 1.29 is 9.53 Å². The fourth-order valence-electron chi connectivity index (χ4n) is 0.822. The first kappa shape index (κ1) is 11.1. The van der Waals surface area contributed by atoms with E-state index in [0.29, 0.717) is 0 Å². The predicted molar refractivity (Wildman–Crippen MR) is 54.7 cm³/mol. The van der Waals surface area contributed by atoms with E-state index < -0.39 is 6.04 Å². The van der Waals surface area contributed by atoms with E-state index in [2.05, 4.69) is 4.98 Å². The Bertz CT molecular complexity index is 285. The molecule has 0 bridgehead atoms. The minimum Gasteiger partial charge on any atom is -0.458 e. The molecule has 0 unspecified atom stereocenters. The van der Waals surface area contributed by atoms with Crippen molar-refractivity contribution in [2.45, 2.75) is 26.5 Å². The lowest BCUT2D eigenvalue weighted by molar-refractivity contribution is -0.147. The van der Waals surface area contributed by atoms with E-state index >= 15 is 0 Å². The number of hydrogen-bond acceptors (Lipinski definition) is 5. The number of aromatic nitrogens is 1. The van der Waals surface area contributed by atoms with Crippen LogP contribution in [-0.2, 0) is 16.1 Å². The van der Waals surface area contributed by atoms with Crippen molar-refractivity contribution in [1.29, 1.82) is 0 Å². The SMILES string of the molecule is CC(C)[C@H](N)C(=O)OCc1cscn1. The van der Waals surface area contributed by atoms with Crippen LogP contribution in [-0.4, -0.2) is 17.0 Å². The molecule has 1 aromatic heterocycles. The van der Waals surface area contributed by atoms with E-state index in [1.165, 1.54) is 11.3 Å². The first-order valence-electron chi connectivity index (χ1n) is 4.40. The van der Waals surface area contributed by atoms with Crippen LogP contribution in [0.15, 0.2) is 10.9 Å². The number of hydrogen-bond donors (Lipinski definition) is 1. The fourth-order valence-corrected chi connectivity index (χ4v) is 1.37. The Balaban J connectivity index is 2.35. The Morgan fingerprint density at radius 3 is 2.93 bits per heavy atom. The summed E-state index contributed by atoms with van der Waals surface area (Å²) in [6, 6.07) is -0.548. The summed E-state index contributed by atoms with van der Waals surface area (Å²) in [5, 5.41) is 1.84. The van der Waals surface area contributed by atoms with Crippen LogP contribution in [0.5, 0.6) is 0 Å². The second kappa shape index (κ2) is 5.07. The molecule has 2 N–H and O–H groups in total. The third-order valence-corrected chi connectivity index (χ3v) is 2.47. The Morgan fingerprint density at radius 1 is 1.71 bits per heavy atom. The molecule has 14 heavy (non-hydrogen) atoms. The van der Waals surface area contributed by atoms with Crippen LogP contribution in [0, 0.1) is 5.92 Å². The summed E-state index contributed by atoms with van der Waals surface area (Å²) in [5.41, 5.74) is 8.07. The zero-order valence-electron chi connectivity index (χ0n) is 8.27. The van der Waals surface area contributed by atoms with E-state index in [1.54, 1.807) is 5.51 Å². The molecule has 0 radical (unpaired) electrons. The molecule has 0 aliphatic carbocycles. The third kappa shape index (κ3) is 3.08. The van der Waals surface area contributed by atoms with Gasteiger partial charge in [-0.15, -0.1) is 11.3 Å². The van der Waals surface area contributed by atoms with Gasteiger partial charge in [0.1, 0.15) is 12.6 Å². The monoisotopic (exact) mass is 214 g/mol. The lowest BCUT2D eigenvalue weighted by Gasteiger charge is -2.13. The Hall–Kier alpha value is -0.940. The predicted octanol–water partition coefficient (Wildman–Crippen LogP) is 1.17. The molecule has 1 atom stereocenters. The zero-order valence-corrected chi connectivity index (χ0v) is 9.08. The maximum Gasteiger partial charge on any atom is 0.323 e. The molecule has 0 fully saturated rings.